The smallest absolute Gasteiger partial charge is 0.180 e. The number of aromatic nitrogens is 1. The average molecular weight is 153 g/mol. The highest BCUT2D eigenvalue weighted by Crippen LogP contribution is 2.47. The van der Waals surface area contributed by atoms with Crippen LogP contribution in [0, 0.1) is 5.41 Å². The number of aliphatic hydroxyl groups excluding tert-OH is 1. The summed E-state index contributed by atoms with van der Waals surface area (Å²) in [7, 11) is 0. The summed E-state index contributed by atoms with van der Waals surface area (Å²) in [6.07, 6.45) is 6.22. The van der Waals surface area contributed by atoms with Crippen LogP contribution in [0.4, 0.5) is 0 Å². The standard InChI is InChI=1S/C8H11NO2/c10-5-8(1-2-8)3-7-4-9-6-11-7/h4,6,10H,1-3,5H2. The van der Waals surface area contributed by atoms with Crippen LogP contribution in [0.5, 0.6) is 0 Å². The van der Waals surface area contributed by atoms with Crippen LogP contribution in [0.25, 0.3) is 0 Å². The SMILES string of the molecule is OCC1(Cc2cnco2)CC1. The Morgan fingerprint density at radius 1 is 1.64 bits per heavy atom. The third kappa shape index (κ3) is 1.28. The van der Waals surface area contributed by atoms with Crippen molar-refractivity contribution in [2.75, 3.05) is 6.61 Å². The molecule has 1 fully saturated rings. The molecule has 0 radical (unpaired) electrons. The minimum atomic E-state index is 0.138. The first-order valence-electron chi connectivity index (χ1n) is 3.83. The second-order valence-corrected chi connectivity index (χ2v) is 3.30. The van der Waals surface area contributed by atoms with Gasteiger partial charge in [0.05, 0.1) is 6.20 Å². The number of hydrogen-bond donors (Lipinski definition) is 1. The maximum atomic E-state index is 8.99. The molecule has 0 spiro atoms. The molecule has 2 rings (SSSR count). The zero-order valence-electron chi connectivity index (χ0n) is 6.29. The summed E-state index contributed by atoms with van der Waals surface area (Å²) in [5.41, 5.74) is 0.138. The molecule has 1 aromatic rings. The van der Waals surface area contributed by atoms with E-state index in [9.17, 15) is 0 Å². The Balaban J connectivity index is 2.01. The molecule has 0 bridgehead atoms. The lowest BCUT2D eigenvalue weighted by Gasteiger charge is -2.06. The topological polar surface area (TPSA) is 46.3 Å². The van der Waals surface area contributed by atoms with Gasteiger partial charge >= 0.3 is 0 Å². The van der Waals surface area contributed by atoms with Crippen molar-refractivity contribution in [1.82, 2.24) is 4.98 Å². The predicted octanol–water partition coefficient (Wildman–Crippen LogP) is 0.990. The van der Waals surface area contributed by atoms with Gasteiger partial charge in [-0.15, -0.1) is 0 Å². The van der Waals surface area contributed by atoms with E-state index in [1.807, 2.05) is 0 Å². The summed E-state index contributed by atoms with van der Waals surface area (Å²) < 4.78 is 5.09. The first-order valence-corrected chi connectivity index (χ1v) is 3.83. The molecule has 0 unspecified atom stereocenters. The maximum Gasteiger partial charge on any atom is 0.180 e. The van der Waals surface area contributed by atoms with Gasteiger partial charge in [0.25, 0.3) is 0 Å². The fraction of sp³-hybridized carbons (Fsp3) is 0.625. The summed E-state index contributed by atoms with van der Waals surface area (Å²) in [6, 6.07) is 0. The van der Waals surface area contributed by atoms with E-state index in [-0.39, 0.29) is 12.0 Å². The number of aliphatic hydroxyl groups is 1. The molecule has 1 heterocycles. The van der Waals surface area contributed by atoms with Gasteiger partial charge in [0.15, 0.2) is 6.39 Å². The molecule has 3 heteroatoms. The molecule has 1 aliphatic rings. The highest BCUT2D eigenvalue weighted by Gasteiger charge is 2.42. The number of hydrogen-bond acceptors (Lipinski definition) is 3. The van der Waals surface area contributed by atoms with E-state index in [4.69, 9.17) is 9.52 Å². The van der Waals surface area contributed by atoms with Crippen molar-refractivity contribution in [3.63, 3.8) is 0 Å². The fourth-order valence-electron chi connectivity index (χ4n) is 1.27. The summed E-state index contributed by atoms with van der Waals surface area (Å²) in [5.74, 6) is 0.886. The van der Waals surface area contributed by atoms with Crippen LogP contribution in [-0.2, 0) is 6.42 Å². The van der Waals surface area contributed by atoms with Crippen molar-refractivity contribution in [1.29, 1.82) is 0 Å². The summed E-state index contributed by atoms with van der Waals surface area (Å²) >= 11 is 0. The van der Waals surface area contributed by atoms with Crippen LogP contribution in [0.15, 0.2) is 17.0 Å². The molecular formula is C8H11NO2. The van der Waals surface area contributed by atoms with Crippen LogP contribution in [0.3, 0.4) is 0 Å². The number of nitrogens with zero attached hydrogens (tertiary/aromatic N) is 1. The molecule has 1 aliphatic carbocycles. The van der Waals surface area contributed by atoms with Gasteiger partial charge in [-0.25, -0.2) is 4.98 Å². The zero-order chi connectivity index (χ0) is 7.73. The third-order valence-corrected chi connectivity index (χ3v) is 2.33. The third-order valence-electron chi connectivity index (χ3n) is 2.33. The van der Waals surface area contributed by atoms with Crippen molar-refractivity contribution in [3.05, 3.63) is 18.4 Å². The van der Waals surface area contributed by atoms with Gasteiger partial charge in [0, 0.05) is 18.4 Å². The van der Waals surface area contributed by atoms with Gasteiger partial charge in [0.2, 0.25) is 0 Å². The van der Waals surface area contributed by atoms with E-state index < -0.39 is 0 Å². The van der Waals surface area contributed by atoms with Crippen LogP contribution in [-0.4, -0.2) is 16.7 Å². The second-order valence-electron chi connectivity index (χ2n) is 3.30. The molecule has 1 aromatic heterocycles. The van der Waals surface area contributed by atoms with Gasteiger partial charge in [0.1, 0.15) is 5.76 Å². The summed E-state index contributed by atoms with van der Waals surface area (Å²) in [4.78, 5) is 3.82. The first kappa shape index (κ1) is 6.85. The second kappa shape index (κ2) is 2.34. The van der Waals surface area contributed by atoms with Gasteiger partial charge in [-0.2, -0.15) is 0 Å². The van der Waals surface area contributed by atoms with Gasteiger partial charge in [-0.1, -0.05) is 0 Å². The zero-order valence-corrected chi connectivity index (χ0v) is 6.29. The lowest BCUT2D eigenvalue weighted by atomic mass is 10.0. The summed E-state index contributed by atoms with van der Waals surface area (Å²) in [6.45, 7) is 0.272. The molecular weight excluding hydrogens is 142 g/mol. The van der Waals surface area contributed by atoms with Gasteiger partial charge < -0.3 is 9.52 Å². The van der Waals surface area contributed by atoms with E-state index in [0.717, 1.165) is 25.0 Å². The van der Waals surface area contributed by atoms with Gasteiger partial charge in [-0.3, -0.25) is 0 Å². The largest absolute Gasteiger partial charge is 0.449 e. The Hall–Kier alpha value is -0.830. The summed E-state index contributed by atoms with van der Waals surface area (Å²) in [5, 5.41) is 8.99. The van der Waals surface area contributed by atoms with Crippen LogP contribution >= 0.6 is 0 Å². The van der Waals surface area contributed by atoms with Crippen LogP contribution < -0.4 is 0 Å². The highest BCUT2D eigenvalue weighted by molar-refractivity contribution is 5.03. The van der Waals surface area contributed by atoms with E-state index in [0.29, 0.717) is 0 Å². The molecule has 1 saturated carbocycles. The predicted molar refractivity (Wildman–Crippen MR) is 39.0 cm³/mol. The molecule has 0 amide bonds. The van der Waals surface area contributed by atoms with Crippen LogP contribution in [0.1, 0.15) is 18.6 Å². The molecule has 0 saturated heterocycles. The Bertz CT molecular complexity index is 226. The number of rotatable bonds is 3. The average Bonchev–Trinajstić information content (AvgIpc) is 2.59. The molecule has 0 atom stereocenters. The van der Waals surface area contributed by atoms with Crippen molar-refractivity contribution in [3.8, 4) is 0 Å². The Kier molecular flexibility index (Phi) is 1.46. The Labute approximate surface area is 65.1 Å². The van der Waals surface area contributed by atoms with E-state index in [1.165, 1.54) is 6.39 Å². The molecule has 0 aliphatic heterocycles. The molecule has 0 aromatic carbocycles. The normalized spacial score (nSPS) is 20.1. The van der Waals surface area contributed by atoms with E-state index >= 15 is 0 Å². The van der Waals surface area contributed by atoms with E-state index in [2.05, 4.69) is 4.98 Å². The fourth-order valence-corrected chi connectivity index (χ4v) is 1.27. The van der Waals surface area contributed by atoms with Crippen molar-refractivity contribution < 1.29 is 9.52 Å². The van der Waals surface area contributed by atoms with Crippen molar-refractivity contribution in [2.24, 2.45) is 5.41 Å². The Morgan fingerprint density at radius 3 is 2.91 bits per heavy atom. The van der Waals surface area contributed by atoms with Gasteiger partial charge in [-0.05, 0) is 12.8 Å². The quantitative estimate of drug-likeness (QED) is 0.704. The lowest BCUT2D eigenvalue weighted by Crippen LogP contribution is -2.09. The van der Waals surface area contributed by atoms with Crippen LogP contribution in [0.2, 0.25) is 0 Å². The maximum absolute atomic E-state index is 8.99. The van der Waals surface area contributed by atoms with Crippen molar-refractivity contribution >= 4 is 0 Å². The monoisotopic (exact) mass is 153 g/mol. The molecule has 3 nitrogen and oxygen atoms in total. The molecule has 1 N–H and O–H groups in total. The number of oxazole rings is 1. The molecule has 11 heavy (non-hydrogen) atoms. The molecule has 60 valence electrons. The first-order chi connectivity index (χ1) is 5.35. The Morgan fingerprint density at radius 2 is 2.45 bits per heavy atom. The van der Waals surface area contributed by atoms with E-state index in [1.54, 1.807) is 6.20 Å². The minimum absolute atomic E-state index is 0.138. The van der Waals surface area contributed by atoms with Crippen molar-refractivity contribution in [2.45, 2.75) is 19.3 Å². The lowest BCUT2D eigenvalue weighted by molar-refractivity contribution is 0.204. The minimum Gasteiger partial charge on any atom is -0.449 e. The highest BCUT2D eigenvalue weighted by atomic mass is 16.3.